The van der Waals surface area contributed by atoms with Gasteiger partial charge < -0.3 is 10.2 Å². The highest BCUT2D eigenvalue weighted by Gasteiger charge is 1.75. The van der Waals surface area contributed by atoms with Crippen molar-refractivity contribution in [1.82, 2.24) is 0 Å². The fourth-order valence-corrected chi connectivity index (χ4v) is 0.856. The molecule has 88 valence electrons. The van der Waals surface area contributed by atoms with Crippen LogP contribution in [0.1, 0.15) is 0 Å². The van der Waals surface area contributed by atoms with E-state index < -0.39 is 0 Å². The first-order valence-electron chi connectivity index (χ1n) is 4.27. The molecule has 0 heterocycles. The fraction of sp³-hybridized carbons (Fsp3) is 0. The minimum Gasteiger partial charge on any atom is -0.508 e. The Hall–Kier alpha value is -1.26. The molecular formula is C12H16O2S2. The van der Waals surface area contributed by atoms with Crippen LogP contribution in [-0.2, 0) is 0 Å². The Morgan fingerprint density at radius 2 is 0.750 bits per heavy atom. The molecule has 0 saturated heterocycles. The van der Waals surface area contributed by atoms with Gasteiger partial charge in [0.1, 0.15) is 11.5 Å². The van der Waals surface area contributed by atoms with Gasteiger partial charge in [-0.3, -0.25) is 0 Å². The number of hydrogen-bond acceptors (Lipinski definition) is 2. The number of aromatic hydroxyl groups is 2. The lowest BCUT2D eigenvalue weighted by Gasteiger charge is -1.82. The van der Waals surface area contributed by atoms with Crippen molar-refractivity contribution >= 4 is 27.0 Å². The third-order valence-corrected chi connectivity index (χ3v) is 1.51. The number of para-hydroxylation sites is 2. The van der Waals surface area contributed by atoms with Gasteiger partial charge in [-0.2, -0.15) is 27.0 Å². The number of hydrogen-bond donors (Lipinski definition) is 2. The van der Waals surface area contributed by atoms with Crippen molar-refractivity contribution in [1.29, 1.82) is 0 Å². The summed E-state index contributed by atoms with van der Waals surface area (Å²) in [7, 11) is 0. The Labute approximate surface area is 109 Å². The van der Waals surface area contributed by atoms with Gasteiger partial charge >= 0.3 is 0 Å². The van der Waals surface area contributed by atoms with Crippen LogP contribution >= 0.6 is 27.0 Å². The molecule has 2 rings (SSSR count). The van der Waals surface area contributed by atoms with Gasteiger partial charge in [-0.15, -0.1) is 0 Å². The second-order valence-corrected chi connectivity index (χ2v) is 2.67. The third-order valence-electron chi connectivity index (χ3n) is 1.51. The Bertz CT molecular complexity index is 314. The topological polar surface area (TPSA) is 40.5 Å². The number of phenols is 2. The highest BCUT2D eigenvalue weighted by atomic mass is 32.1. The normalized spacial score (nSPS) is 7.50. The van der Waals surface area contributed by atoms with Crippen LogP contribution in [0.25, 0.3) is 0 Å². The Kier molecular flexibility index (Phi) is 11.0. The average Bonchev–Trinajstić information content (AvgIpc) is 2.21. The minimum atomic E-state index is 0. The van der Waals surface area contributed by atoms with E-state index in [1.54, 1.807) is 48.5 Å². The molecule has 2 nitrogen and oxygen atoms in total. The predicted molar refractivity (Wildman–Crippen MR) is 77.0 cm³/mol. The van der Waals surface area contributed by atoms with E-state index in [2.05, 4.69) is 0 Å². The molecule has 0 fully saturated rings. The van der Waals surface area contributed by atoms with Crippen LogP contribution < -0.4 is 0 Å². The van der Waals surface area contributed by atoms with Crippen LogP contribution in [0.2, 0.25) is 0 Å². The lowest BCUT2D eigenvalue weighted by molar-refractivity contribution is 0.475. The maximum atomic E-state index is 8.63. The van der Waals surface area contributed by atoms with E-state index in [-0.39, 0.29) is 27.0 Å². The smallest absolute Gasteiger partial charge is 0.115 e. The summed E-state index contributed by atoms with van der Waals surface area (Å²) in [6.07, 6.45) is 0. The van der Waals surface area contributed by atoms with Crippen LogP contribution in [0.4, 0.5) is 0 Å². The largest absolute Gasteiger partial charge is 0.508 e. The van der Waals surface area contributed by atoms with Crippen LogP contribution in [0, 0.1) is 0 Å². The zero-order chi connectivity index (χ0) is 10.2. The first-order chi connectivity index (χ1) is 6.79. The van der Waals surface area contributed by atoms with Crippen molar-refractivity contribution in [2.24, 2.45) is 0 Å². The van der Waals surface area contributed by atoms with E-state index in [9.17, 15) is 0 Å². The van der Waals surface area contributed by atoms with Gasteiger partial charge in [0.15, 0.2) is 0 Å². The maximum Gasteiger partial charge on any atom is 0.115 e. The highest BCUT2D eigenvalue weighted by Crippen LogP contribution is 2.03. The van der Waals surface area contributed by atoms with Gasteiger partial charge in [0.2, 0.25) is 0 Å². The molecule has 0 aliphatic carbocycles. The van der Waals surface area contributed by atoms with Crippen LogP contribution in [-0.4, -0.2) is 10.2 Å². The molecule has 2 N–H and O–H groups in total. The van der Waals surface area contributed by atoms with E-state index in [4.69, 9.17) is 10.2 Å². The minimum absolute atomic E-state index is 0. The Morgan fingerprint density at radius 3 is 0.875 bits per heavy atom. The van der Waals surface area contributed by atoms with E-state index in [0.717, 1.165) is 0 Å². The number of phenolic OH excluding ortho intramolecular Hbond substituents is 2. The predicted octanol–water partition coefficient (Wildman–Crippen LogP) is 3.01. The molecule has 0 atom stereocenters. The second-order valence-electron chi connectivity index (χ2n) is 2.67. The average molecular weight is 256 g/mol. The molecule has 0 aliphatic rings. The SMILES string of the molecule is Oc1ccccc1.Oc1ccccc1.S.S. The standard InChI is InChI=1S/2C6H6O.2H2S/c2*7-6-4-2-1-3-5-6;;/h2*1-5,7H;2*1H2. The van der Waals surface area contributed by atoms with E-state index >= 15 is 0 Å². The third kappa shape index (κ3) is 8.08. The first-order valence-corrected chi connectivity index (χ1v) is 4.27. The lowest BCUT2D eigenvalue weighted by atomic mass is 10.3. The summed E-state index contributed by atoms with van der Waals surface area (Å²) in [6.45, 7) is 0. The van der Waals surface area contributed by atoms with Crippen molar-refractivity contribution in [3.8, 4) is 11.5 Å². The molecule has 2 aromatic rings. The molecule has 2 aromatic carbocycles. The van der Waals surface area contributed by atoms with Gasteiger partial charge in [0.05, 0.1) is 0 Å². The molecule has 0 unspecified atom stereocenters. The van der Waals surface area contributed by atoms with Crippen LogP contribution in [0.5, 0.6) is 11.5 Å². The highest BCUT2D eigenvalue weighted by molar-refractivity contribution is 7.59. The van der Waals surface area contributed by atoms with E-state index in [1.165, 1.54) is 0 Å². The lowest BCUT2D eigenvalue weighted by Crippen LogP contribution is -1.56. The molecule has 0 aliphatic heterocycles. The van der Waals surface area contributed by atoms with Crippen molar-refractivity contribution in [3.05, 3.63) is 60.7 Å². The molecular weight excluding hydrogens is 240 g/mol. The molecule has 0 spiro atoms. The molecule has 0 aromatic heterocycles. The molecule has 0 radical (unpaired) electrons. The Morgan fingerprint density at radius 1 is 0.500 bits per heavy atom. The van der Waals surface area contributed by atoms with Crippen LogP contribution in [0.3, 0.4) is 0 Å². The first kappa shape index (κ1) is 17.1. The summed E-state index contributed by atoms with van der Waals surface area (Å²) in [5.41, 5.74) is 0. The van der Waals surface area contributed by atoms with Gasteiger partial charge in [-0.05, 0) is 24.3 Å². The summed E-state index contributed by atoms with van der Waals surface area (Å²) in [4.78, 5) is 0. The number of benzene rings is 2. The zero-order valence-corrected chi connectivity index (χ0v) is 10.7. The van der Waals surface area contributed by atoms with Crippen molar-refractivity contribution in [3.63, 3.8) is 0 Å². The summed E-state index contributed by atoms with van der Waals surface area (Å²) < 4.78 is 0. The van der Waals surface area contributed by atoms with Gasteiger partial charge in [-0.1, -0.05) is 36.4 Å². The molecule has 0 bridgehead atoms. The van der Waals surface area contributed by atoms with Gasteiger partial charge in [0, 0.05) is 0 Å². The van der Waals surface area contributed by atoms with Crippen molar-refractivity contribution < 1.29 is 10.2 Å². The molecule has 4 heteroatoms. The second kappa shape index (κ2) is 10.3. The van der Waals surface area contributed by atoms with E-state index in [0.29, 0.717) is 11.5 Å². The van der Waals surface area contributed by atoms with Crippen LogP contribution in [0.15, 0.2) is 60.7 Å². The maximum absolute atomic E-state index is 8.63. The molecule has 16 heavy (non-hydrogen) atoms. The Balaban J connectivity index is 0. The monoisotopic (exact) mass is 256 g/mol. The van der Waals surface area contributed by atoms with E-state index in [1.807, 2.05) is 12.1 Å². The summed E-state index contributed by atoms with van der Waals surface area (Å²) in [5.74, 6) is 0.644. The number of rotatable bonds is 0. The molecule has 0 saturated carbocycles. The quantitative estimate of drug-likeness (QED) is 0.760. The fourth-order valence-electron chi connectivity index (χ4n) is 0.856. The molecule has 0 amide bonds. The summed E-state index contributed by atoms with van der Waals surface area (Å²) in [5, 5.41) is 17.3. The van der Waals surface area contributed by atoms with Crippen molar-refractivity contribution in [2.75, 3.05) is 0 Å². The van der Waals surface area contributed by atoms with Crippen molar-refractivity contribution in [2.45, 2.75) is 0 Å². The zero-order valence-electron chi connectivity index (χ0n) is 8.67. The summed E-state index contributed by atoms with van der Waals surface area (Å²) in [6, 6.07) is 17.4. The van der Waals surface area contributed by atoms with Gasteiger partial charge in [0.25, 0.3) is 0 Å². The summed E-state index contributed by atoms with van der Waals surface area (Å²) >= 11 is 0. The van der Waals surface area contributed by atoms with Gasteiger partial charge in [-0.25, -0.2) is 0 Å².